The molecule has 1 N–H and O–H groups in total. The second kappa shape index (κ2) is 5.50. The van der Waals surface area contributed by atoms with Crippen LogP contribution in [-0.2, 0) is 13.1 Å². The Balaban J connectivity index is 2.78. The third kappa shape index (κ3) is 4.00. The van der Waals surface area contributed by atoms with Crippen molar-refractivity contribution >= 4 is 0 Å². The lowest BCUT2D eigenvalue weighted by Gasteiger charge is -2.20. The fraction of sp³-hybridized carbons (Fsp3) is 0.643. The van der Waals surface area contributed by atoms with Crippen molar-refractivity contribution in [3.05, 3.63) is 29.6 Å². The van der Waals surface area contributed by atoms with E-state index in [1.807, 2.05) is 6.08 Å². The molecule has 0 aliphatic rings. The molecule has 96 valence electrons. The minimum atomic E-state index is 0.141. The fourth-order valence-corrected chi connectivity index (χ4v) is 1.77. The van der Waals surface area contributed by atoms with Gasteiger partial charge >= 0.3 is 0 Å². The predicted molar refractivity (Wildman–Crippen MR) is 73.1 cm³/mol. The van der Waals surface area contributed by atoms with Gasteiger partial charge in [-0.05, 0) is 41.0 Å². The van der Waals surface area contributed by atoms with Crippen LogP contribution < -0.4 is 5.32 Å². The SMILES string of the molecule is C=CCCn1nc(C)c(CNC(C)(C)C)c1C. The molecule has 0 fully saturated rings. The topological polar surface area (TPSA) is 29.9 Å². The number of hydrogen-bond acceptors (Lipinski definition) is 2. The van der Waals surface area contributed by atoms with Gasteiger partial charge in [0.05, 0.1) is 5.69 Å². The molecule has 0 saturated heterocycles. The van der Waals surface area contributed by atoms with Crippen LogP contribution in [0.5, 0.6) is 0 Å². The first-order valence-corrected chi connectivity index (χ1v) is 6.24. The van der Waals surface area contributed by atoms with Gasteiger partial charge in [0, 0.05) is 29.9 Å². The second-order valence-electron chi connectivity index (χ2n) is 5.55. The van der Waals surface area contributed by atoms with Crippen molar-refractivity contribution in [2.24, 2.45) is 0 Å². The quantitative estimate of drug-likeness (QED) is 0.795. The highest BCUT2D eigenvalue weighted by Gasteiger charge is 2.14. The van der Waals surface area contributed by atoms with E-state index in [0.29, 0.717) is 0 Å². The number of aromatic nitrogens is 2. The third-order valence-corrected chi connectivity index (χ3v) is 2.87. The minimum absolute atomic E-state index is 0.141. The van der Waals surface area contributed by atoms with Gasteiger partial charge in [0.1, 0.15) is 0 Å². The standard InChI is InChI=1S/C14H25N3/c1-7-8-9-17-12(3)13(11(2)16-17)10-15-14(4,5)6/h7,15H,1,8-10H2,2-6H3. The maximum atomic E-state index is 4.58. The van der Waals surface area contributed by atoms with Gasteiger partial charge < -0.3 is 5.32 Å². The van der Waals surface area contributed by atoms with Gasteiger partial charge in [-0.1, -0.05) is 6.08 Å². The number of nitrogens with one attached hydrogen (secondary N) is 1. The van der Waals surface area contributed by atoms with Crippen LogP contribution in [0.2, 0.25) is 0 Å². The van der Waals surface area contributed by atoms with Crippen LogP contribution in [0.4, 0.5) is 0 Å². The molecule has 0 atom stereocenters. The molecule has 0 saturated carbocycles. The van der Waals surface area contributed by atoms with E-state index in [-0.39, 0.29) is 5.54 Å². The van der Waals surface area contributed by atoms with Gasteiger partial charge in [0.25, 0.3) is 0 Å². The van der Waals surface area contributed by atoms with E-state index in [0.717, 1.165) is 25.2 Å². The van der Waals surface area contributed by atoms with Gasteiger partial charge in [0.15, 0.2) is 0 Å². The van der Waals surface area contributed by atoms with E-state index in [9.17, 15) is 0 Å². The van der Waals surface area contributed by atoms with Crippen LogP contribution in [0.1, 0.15) is 44.1 Å². The van der Waals surface area contributed by atoms with E-state index >= 15 is 0 Å². The summed E-state index contributed by atoms with van der Waals surface area (Å²) in [7, 11) is 0. The Labute approximate surface area is 105 Å². The third-order valence-electron chi connectivity index (χ3n) is 2.87. The molecule has 17 heavy (non-hydrogen) atoms. The van der Waals surface area contributed by atoms with Crippen molar-refractivity contribution in [1.82, 2.24) is 15.1 Å². The Kier molecular flexibility index (Phi) is 4.52. The molecule has 1 heterocycles. The van der Waals surface area contributed by atoms with Crippen molar-refractivity contribution < 1.29 is 0 Å². The first-order chi connectivity index (χ1) is 7.85. The summed E-state index contributed by atoms with van der Waals surface area (Å²) in [6, 6.07) is 0. The van der Waals surface area contributed by atoms with Crippen molar-refractivity contribution in [1.29, 1.82) is 0 Å². The maximum absolute atomic E-state index is 4.58. The lowest BCUT2D eigenvalue weighted by atomic mass is 10.1. The van der Waals surface area contributed by atoms with Gasteiger partial charge in [-0.3, -0.25) is 4.68 Å². The van der Waals surface area contributed by atoms with Crippen LogP contribution in [-0.4, -0.2) is 15.3 Å². The molecule has 0 radical (unpaired) electrons. The zero-order valence-electron chi connectivity index (χ0n) is 11.8. The predicted octanol–water partition coefficient (Wildman–Crippen LogP) is 2.96. The number of rotatable bonds is 5. The number of aryl methyl sites for hydroxylation is 2. The molecule has 0 aliphatic heterocycles. The van der Waals surface area contributed by atoms with Gasteiger partial charge in [-0.25, -0.2) is 0 Å². The highest BCUT2D eigenvalue weighted by atomic mass is 15.3. The van der Waals surface area contributed by atoms with Crippen molar-refractivity contribution in [3.63, 3.8) is 0 Å². The Morgan fingerprint density at radius 2 is 2.00 bits per heavy atom. The molecular weight excluding hydrogens is 210 g/mol. The molecule has 0 spiro atoms. The molecule has 0 amide bonds. The summed E-state index contributed by atoms with van der Waals surface area (Å²) in [6.45, 7) is 16.3. The summed E-state index contributed by atoms with van der Waals surface area (Å²) in [5, 5.41) is 8.09. The highest BCUT2D eigenvalue weighted by molar-refractivity contribution is 5.24. The van der Waals surface area contributed by atoms with E-state index in [1.54, 1.807) is 0 Å². The molecule has 0 unspecified atom stereocenters. The average Bonchev–Trinajstić information content (AvgIpc) is 2.47. The molecule has 1 rings (SSSR count). The number of nitrogens with zero attached hydrogens (tertiary/aromatic N) is 2. The first kappa shape index (κ1) is 14.0. The lowest BCUT2D eigenvalue weighted by Crippen LogP contribution is -2.35. The fourth-order valence-electron chi connectivity index (χ4n) is 1.77. The molecule has 3 nitrogen and oxygen atoms in total. The monoisotopic (exact) mass is 235 g/mol. The van der Waals surface area contributed by atoms with E-state index in [1.165, 1.54) is 11.3 Å². The van der Waals surface area contributed by atoms with Gasteiger partial charge in [0.2, 0.25) is 0 Å². The normalized spacial score (nSPS) is 11.8. The lowest BCUT2D eigenvalue weighted by molar-refractivity contribution is 0.423. The van der Waals surface area contributed by atoms with Crippen molar-refractivity contribution in [2.45, 2.75) is 59.7 Å². The Morgan fingerprint density at radius 1 is 1.35 bits per heavy atom. The van der Waals surface area contributed by atoms with Gasteiger partial charge in [-0.2, -0.15) is 5.10 Å². The number of hydrogen-bond donors (Lipinski definition) is 1. The summed E-state index contributed by atoms with van der Waals surface area (Å²) in [4.78, 5) is 0. The molecule has 0 aliphatic carbocycles. The molecule has 3 heteroatoms. The zero-order chi connectivity index (χ0) is 13.1. The van der Waals surface area contributed by atoms with Gasteiger partial charge in [-0.15, -0.1) is 6.58 Å². The van der Waals surface area contributed by atoms with E-state index in [4.69, 9.17) is 0 Å². The smallest absolute Gasteiger partial charge is 0.0641 e. The molecule has 0 aromatic carbocycles. The molecular formula is C14H25N3. The van der Waals surface area contributed by atoms with Crippen molar-refractivity contribution in [3.8, 4) is 0 Å². The van der Waals surface area contributed by atoms with Crippen LogP contribution in [0.15, 0.2) is 12.7 Å². The maximum Gasteiger partial charge on any atom is 0.0641 e. The molecule has 0 bridgehead atoms. The summed E-state index contributed by atoms with van der Waals surface area (Å²) in [6.07, 6.45) is 2.90. The Bertz CT molecular complexity index is 383. The summed E-state index contributed by atoms with van der Waals surface area (Å²) in [5.41, 5.74) is 3.86. The zero-order valence-corrected chi connectivity index (χ0v) is 11.8. The Morgan fingerprint density at radius 3 is 2.53 bits per heavy atom. The van der Waals surface area contributed by atoms with Crippen molar-refractivity contribution in [2.75, 3.05) is 0 Å². The van der Waals surface area contributed by atoms with E-state index in [2.05, 4.69) is 56.3 Å². The highest BCUT2D eigenvalue weighted by Crippen LogP contribution is 2.14. The molecule has 1 aromatic heterocycles. The Hall–Kier alpha value is -1.09. The summed E-state index contributed by atoms with van der Waals surface area (Å²) >= 11 is 0. The molecule has 1 aromatic rings. The summed E-state index contributed by atoms with van der Waals surface area (Å²) in [5.74, 6) is 0. The first-order valence-electron chi connectivity index (χ1n) is 6.24. The largest absolute Gasteiger partial charge is 0.308 e. The second-order valence-corrected chi connectivity index (χ2v) is 5.55. The van der Waals surface area contributed by atoms with E-state index < -0.39 is 0 Å². The minimum Gasteiger partial charge on any atom is -0.308 e. The number of allylic oxidation sites excluding steroid dienone is 1. The van der Waals surface area contributed by atoms with Crippen LogP contribution in [0, 0.1) is 13.8 Å². The van der Waals surface area contributed by atoms with Crippen LogP contribution in [0.25, 0.3) is 0 Å². The van der Waals surface area contributed by atoms with Crippen LogP contribution >= 0.6 is 0 Å². The average molecular weight is 235 g/mol. The summed E-state index contributed by atoms with van der Waals surface area (Å²) < 4.78 is 2.08. The van der Waals surface area contributed by atoms with Crippen LogP contribution in [0.3, 0.4) is 0 Å².